The molecule has 5 heteroatoms. The molecule has 0 saturated heterocycles. The molecule has 1 atom stereocenters. The lowest BCUT2D eigenvalue weighted by Gasteiger charge is -2.18. The van der Waals surface area contributed by atoms with Gasteiger partial charge >= 0.3 is 5.97 Å². The van der Waals surface area contributed by atoms with Gasteiger partial charge in [-0.1, -0.05) is 32.0 Å². The molecular formula is C16H18N2O3. The number of carbonyl (C=O) groups excluding carboxylic acids is 1. The Bertz CT molecular complexity index is 695. The Labute approximate surface area is 123 Å². The number of rotatable bonds is 4. The van der Waals surface area contributed by atoms with Crippen molar-refractivity contribution in [2.75, 3.05) is 0 Å². The minimum absolute atomic E-state index is 0.194. The summed E-state index contributed by atoms with van der Waals surface area (Å²) in [6, 6.07) is 8.08. The second-order valence-electron chi connectivity index (χ2n) is 5.36. The van der Waals surface area contributed by atoms with Gasteiger partial charge in [0, 0.05) is 11.1 Å². The highest BCUT2D eigenvalue weighted by atomic mass is 16.4. The Balaban J connectivity index is 2.42. The normalized spacial score (nSPS) is 12.4. The average molecular weight is 286 g/mol. The molecule has 0 aliphatic rings. The minimum Gasteiger partial charge on any atom is -0.480 e. The first-order valence-corrected chi connectivity index (χ1v) is 6.80. The third kappa shape index (κ3) is 3.18. The van der Waals surface area contributed by atoms with Crippen LogP contribution in [0.25, 0.3) is 10.9 Å². The van der Waals surface area contributed by atoms with Crippen molar-refractivity contribution in [2.45, 2.75) is 26.8 Å². The number of aliphatic carboxylic acids is 1. The highest BCUT2D eigenvalue weighted by molar-refractivity contribution is 6.07. The third-order valence-electron chi connectivity index (χ3n) is 3.31. The van der Waals surface area contributed by atoms with Crippen molar-refractivity contribution < 1.29 is 14.7 Å². The van der Waals surface area contributed by atoms with Gasteiger partial charge in [0.15, 0.2) is 0 Å². The van der Waals surface area contributed by atoms with Crippen molar-refractivity contribution in [3.05, 3.63) is 41.6 Å². The van der Waals surface area contributed by atoms with Crippen LogP contribution in [-0.4, -0.2) is 28.0 Å². The molecule has 0 spiro atoms. The predicted molar refractivity (Wildman–Crippen MR) is 80.2 cm³/mol. The number of aryl methyl sites for hydroxylation is 1. The van der Waals surface area contributed by atoms with Gasteiger partial charge in [-0.25, -0.2) is 4.79 Å². The summed E-state index contributed by atoms with van der Waals surface area (Å²) < 4.78 is 0. The van der Waals surface area contributed by atoms with Crippen LogP contribution in [0.1, 0.15) is 29.9 Å². The van der Waals surface area contributed by atoms with Gasteiger partial charge in [0.1, 0.15) is 6.04 Å². The summed E-state index contributed by atoms with van der Waals surface area (Å²) in [4.78, 5) is 28.0. The van der Waals surface area contributed by atoms with Gasteiger partial charge in [0.05, 0.1) is 11.1 Å². The number of pyridine rings is 1. The number of hydrogen-bond acceptors (Lipinski definition) is 3. The molecule has 2 N–H and O–H groups in total. The third-order valence-corrected chi connectivity index (χ3v) is 3.31. The molecule has 1 amide bonds. The van der Waals surface area contributed by atoms with Crippen molar-refractivity contribution in [2.24, 2.45) is 5.92 Å². The van der Waals surface area contributed by atoms with E-state index in [0.29, 0.717) is 10.9 Å². The second-order valence-corrected chi connectivity index (χ2v) is 5.36. The first-order valence-electron chi connectivity index (χ1n) is 6.80. The monoisotopic (exact) mass is 286 g/mol. The highest BCUT2D eigenvalue weighted by Crippen LogP contribution is 2.18. The van der Waals surface area contributed by atoms with Gasteiger partial charge in [0.2, 0.25) is 0 Å². The molecule has 1 unspecified atom stereocenters. The minimum atomic E-state index is -1.03. The van der Waals surface area contributed by atoms with Crippen molar-refractivity contribution >= 4 is 22.8 Å². The summed E-state index contributed by atoms with van der Waals surface area (Å²) in [5.41, 5.74) is 1.89. The Morgan fingerprint density at radius 1 is 1.24 bits per heavy atom. The molecule has 0 aliphatic heterocycles. The SMILES string of the molecule is Cc1cc(C(=O)NC(C(=O)O)C(C)C)c2ccccc2n1. The lowest BCUT2D eigenvalue weighted by molar-refractivity contribution is -0.140. The lowest BCUT2D eigenvalue weighted by atomic mass is 10.0. The highest BCUT2D eigenvalue weighted by Gasteiger charge is 2.24. The molecule has 1 aromatic carbocycles. The van der Waals surface area contributed by atoms with E-state index in [2.05, 4.69) is 10.3 Å². The number of para-hydroxylation sites is 1. The van der Waals surface area contributed by atoms with E-state index < -0.39 is 17.9 Å². The number of amides is 1. The number of nitrogens with zero attached hydrogens (tertiary/aromatic N) is 1. The van der Waals surface area contributed by atoms with Crippen LogP contribution in [0.5, 0.6) is 0 Å². The summed E-state index contributed by atoms with van der Waals surface area (Å²) in [5.74, 6) is -1.62. The van der Waals surface area contributed by atoms with Gasteiger partial charge in [0.25, 0.3) is 5.91 Å². The molecule has 0 fully saturated rings. The van der Waals surface area contributed by atoms with E-state index in [4.69, 9.17) is 0 Å². The van der Waals surface area contributed by atoms with Crippen LogP contribution in [0.3, 0.4) is 0 Å². The summed E-state index contributed by atoms with van der Waals surface area (Å²) in [6.45, 7) is 5.32. The first kappa shape index (κ1) is 15.0. The lowest BCUT2D eigenvalue weighted by Crippen LogP contribution is -2.44. The first-order chi connectivity index (χ1) is 9.90. The number of carboxylic acid groups (broad SMARTS) is 1. The molecule has 2 aromatic rings. The van der Waals surface area contributed by atoms with E-state index in [-0.39, 0.29) is 5.92 Å². The Kier molecular flexibility index (Phi) is 4.21. The molecule has 1 aromatic heterocycles. The molecular weight excluding hydrogens is 268 g/mol. The van der Waals surface area contributed by atoms with Crippen molar-refractivity contribution in [1.29, 1.82) is 0 Å². The maximum absolute atomic E-state index is 12.4. The molecule has 0 bridgehead atoms. The quantitative estimate of drug-likeness (QED) is 0.904. The van der Waals surface area contributed by atoms with Gasteiger partial charge in [-0.3, -0.25) is 9.78 Å². The van der Waals surface area contributed by atoms with Crippen LogP contribution in [0.4, 0.5) is 0 Å². The summed E-state index contributed by atoms with van der Waals surface area (Å²) >= 11 is 0. The number of nitrogens with one attached hydrogen (secondary N) is 1. The average Bonchev–Trinajstić information content (AvgIpc) is 2.42. The molecule has 21 heavy (non-hydrogen) atoms. The molecule has 0 aliphatic carbocycles. The van der Waals surface area contributed by atoms with Gasteiger partial charge in [-0.2, -0.15) is 0 Å². The van der Waals surface area contributed by atoms with Gasteiger partial charge in [-0.05, 0) is 25.0 Å². The fourth-order valence-electron chi connectivity index (χ4n) is 2.23. The molecule has 1 heterocycles. The van der Waals surface area contributed by atoms with Crippen molar-refractivity contribution in [3.8, 4) is 0 Å². The number of aromatic nitrogens is 1. The molecule has 0 saturated carbocycles. The van der Waals surface area contributed by atoms with Crippen LogP contribution in [0.2, 0.25) is 0 Å². The maximum atomic E-state index is 12.4. The van der Waals surface area contributed by atoms with Gasteiger partial charge < -0.3 is 10.4 Å². The van der Waals surface area contributed by atoms with E-state index in [1.165, 1.54) is 0 Å². The topological polar surface area (TPSA) is 79.3 Å². The number of hydrogen-bond donors (Lipinski definition) is 2. The summed E-state index contributed by atoms with van der Waals surface area (Å²) in [7, 11) is 0. The van der Waals surface area contributed by atoms with E-state index in [1.54, 1.807) is 26.8 Å². The molecule has 110 valence electrons. The number of carbonyl (C=O) groups is 2. The van der Waals surface area contributed by atoms with E-state index >= 15 is 0 Å². The zero-order chi connectivity index (χ0) is 15.6. The maximum Gasteiger partial charge on any atom is 0.326 e. The number of fused-ring (bicyclic) bond motifs is 1. The van der Waals surface area contributed by atoms with Crippen molar-refractivity contribution in [3.63, 3.8) is 0 Å². The summed E-state index contributed by atoms with van der Waals surface area (Å²) in [5, 5.41) is 12.5. The Hall–Kier alpha value is -2.43. The van der Waals surface area contributed by atoms with Crippen LogP contribution < -0.4 is 5.32 Å². The second kappa shape index (κ2) is 5.91. The van der Waals surface area contributed by atoms with E-state index in [9.17, 15) is 14.7 Å². The molecule has 5 nitrogen and oxygen atoms in total. The van der Waals surface area contributed by atoms with Gasteiger partial charge in [-0.15, -0.1) is 0 Å². The molecule has 0 radical (unpaired) electrons. The van der Waals surface area contributed by atoms with E-state index in [0.717, 1.165) is 11.2 Å². The zero-order valence-corrected chi connectivity index (χ0v) is 12.3. The van der Waals surface area contributed by atoms with Crippen LogP contribution in [-0.2, 0) is 4.79 Å². The molecule has 2 rings (SSSR count). The van der Waals surface area contributed by atoms with Crippen LogP contribution >= 0.6 is 0 Å². The van der Waals surface area contributed by atoms with Crippen LogP contribution in [0, 0.1) is 12.8 Å². The van der Waals surface area contributed by atoms with Crippen LogP contribution in [0.15, 0.2) is 30.3 Å². The smallest absolute Gasteiger partial charge is 0.326 e. The standard InChI is InChI=1S/C16H18N2O3/c1-9(2)14(16(20)21)18-15(19)12-8-10(3)17-13-7-5-4-6-11(12)13/h4-9,14H,1-3H3,(H,18,19)(H,20,21). The number of carboxylic acids is 1. The zero-order valence-electron chi connectivity index (χ0n) is 12.3. The fourth-order valence-corrected chi connectivity index (χ4v) is 2.23. The largest absolute Gasteiger partial charge is 0.480 e. The van der Waals surface area contributed by atoms with Crippen molar-refractivity contribution in [1.82, 2.24) is 10.3 Å². The number of benzene rings is 1. The Morgan fingerprint density at radius 3 is 2.52 bits per heavy atom. The predicted octanol–water partition coefficient (Wildman–Crippen LogP) is 2.38. The fraction of sp³-hybridized carbons (Fsp3) is 0.312. The Morgan fingerprint density at radius 2 is 1.90 bits per heavy atom. The van der Waals surface area contributed by atoms with E-state index in [1.807, 2.05) is 24.3 Å². The summed E-state index contributed by atoms with van der Waals surface area (Å²) in [6.07, 6.45) is 0.